The summed E-state index contributed by atoms with van der Waals surface area (Å²) < 4.78 is 0. The molecule has 1 nitrogen and oxygen atoms in total. The van der Waals surface area contributed by atoms with Crippen LogP contribution in [-0.4, -0.2) is 29.4 Å². The summed E-state index contributed by atoms with van der Waals surface area (Å²) in [6.45, 7) is 11.9. The lowest BCUT2D eigenvalue weighted by Gasteiger charge is -2.34. The van der Waals surface area contributed by atoms with Crippen LogP contribution >= 0.6 is 15.9 Å². The Morgan fingerprint density at radius 3 is 2.27 bits per heavy atom. The summed E-state index contributed by atoms with van der Waals surface area (Å²) in [6.07, 6.45) is 4.15. The van der Waals surface area contributed by atoms with Crippen LogP contribution < -0.4 is 0 Å². The molecular weight excluding hydrogens is 250 g/mol. The Hall–Kier alpha value is 0.440. The Bertz CT molecular complexity index is 181. The van der Waals surface area contributed by atoms with E-state index in [4.69, 9.17) is 0 Å². The standard InChI is InChI=1S/C13H26BrN/c1-5-8-15(12-6-7-12)10-11(9-14)13(2,3)4/h11-12H,5-10H2,1-4H3. The zero-order valence-corrected chi connectivity index (χ0v) is 12.3. The summed E-state index contributed by atoms with van der Waals surface area (Å²) in [5.74, 6) is 0.768. The van der Waals surface area contributed by atoms with E-state index in [1.54, 1.807) is 0 Å². The van der Waals surface area contributed by atoms with Gasteiger partial charge in [0.2, 0.25) is 0 Å². The topological polar surface area (TPSA) is 3.24 Å². The van der Waals surface area contributed by atoms with Crippen LogP contribution in [0.4, 0.5) is 0 Å². The third-order valence-corrected chi connectivity index (χ3v) is 4.22. The number of hydrogen-bond acceptors (Lipinski definition) is 1. The summed E-state index contributed by atoms with van der Waals surface area (Å²) in [7, 11) is 0. The number of halogens is 1. The van der Waals surface area contributed by atoms with Crippen molar-refractivity contribution in [3.63, 3.8) is 0 Å². The van der Waals surface area contributed by atoms with Crippen LogP contribution in [0.5, 0.6) is 0 Å². The molecule has 1 atom stereocenters. The summed E-state index contributed by atoms with van der Waals surface area (Å²) in [5, 5.41) is 1.13. The highest BCUT2D eigenvalue weighted by Crippen LogP contribution is 2.33. The molecule has 0 aromatic rings. The zero-order chi connectivity index (χ0) is 11.5. The first-order valence-electron chi connectivity index (χ1n) is 6.29. The van der Waals surface area contributed by atoms with Crippen molar-refractivity contribution in [1.29, 1.82) is 0 Å². The molecule has 0 saturated heterocycles. The number of rotatable bonds is 6. The summed E-state index contributed by atoms with van der Waals surface area (Å²) >= 11 is 3.67. The summed E-state index contributed by atoms with van der Waals surface area (Å²) in [6, 6.07) is 0.911. The molecule has 0 aromatic carbocycles. The fourth-order valence-corrected chi connectivity index (χ4v) is 3.16. The minimum Gasteiger partial charge on any atom is -0.300 e. The van der Waals surface area contributed by atoms with E-state index in [0.717, 1.165) is 17.3 Å². The maximum absolute atomic E-state index is 3.67. The van der Waals surface area contributed by atoms with E-state index in [2.05, 4.69) is 48.5 Å². The monoisotopic (exact) mass is 275 g/mol. The third kappa shape index (κ3) is 4.44. The number of nitrogens with zero attached hydrogens (tertiary/aromatic N) is 1. The molecule has 0 heterocycles. The van der Waals surface area contributed by atoms with Gasteiger partial charge in [-0.25, -0.2) is 0 Å². The van der Waals surface area contributed by atoms with Gasteiger partial charge in [0.25, 0.3) is 0 Å². The zero-order valence-electron chi connectivity index (χ0n) is 10.7. The van der Waals surface area contributed by atoms with Gasteiger partial charge in [0.15, 0.2) is 0 Å². The van der Waals surface area contributed by atoms with Gasteiger partial charge < -0.3 is 4.90 Å². The van der Waals surface area contributed by atoms with E-state index in [9.17, 15) is 0 Å². The van der Waals surface area contributed by atoms with Crippen LogP contribution in [0.25, 0.3) is 0 Å². The Morgan fingerprint density at radius 1 is 1.33 bits per heavy atom. The molecule has 0 bridgehead atoms. The minimum absolute atomic E-state index is 0.421. The quantitative estimate of drug-likeness (QED) is 0.665. The molecule has 15 heavy (non-hydrogen) atoms. The lowest BCUT2D eigenvalue weighted by atomic mass is 9.81. The molecule has 0 spiro atoms. The predicted octanol–water partition coefficient (Wildman–Crippen LogP) is 3.92. The fourth-order valence-electron chi connectivity index (χ4n) is 1.99. The first kappa shape index (κ1) is 13.5. The van der Waals surface area contributed by atoms with Gasteiger partial charge in [-0.05, 0) is 37.1 Å². The molecule has 1 unspecified atom stereocenters. The van der Waals surface area contributed by atoms with Crippen molar-refractivity contribution in [3.05, 3.63) is 0 Å². The first-order chi connectivity index (χ1) is 6.99. The van der Waals surface area contributed by atoms with Gasteiger partial charge in [0.1, 0.15) is 0 Å². The van der Waals surface area contributed by atoms with E-state index in [-0.39, 0.29) is 0 Å². The van der Waals surface area contributed by atoms with E-state index < -0.39 is 0 Å². The highest BCUT2D eigenvalue weighted by atomic mass is 79.9. The van der Waals surface area contributed by atoms with E-state index in [1.807, 2.05) is 0 Å². The molecule has 0 aliphatic heterocycles. The van der Waals surface area contributed by atoms with Crippen LogP contribution in [-0.2, 0) is 0 Å². The highest BCUT2D eigenvalue weighted by Gasteiger charge is 2.32. The van der Waals surface area contributed by atoms with Crippen molar-refractivity contribution < 1.29 is 0 Å². The second kappa shape index (κ2) is 5.67. The lowest BCUT2D eigenvalue weighted by molar-refractivity contribution is 0.159. The van der Waals surface area contributed by atoms with Crippen molar-refractivity contribution in [1.82, 2.24) is 4.90 Å². The molecule has 1 fully saturated rings. The molecule has 2 heteroatoms. The molecule has 1 aliphatic rings. The van der Waals surface area contributed by atoms with Gasteiger partial charge in [-0.3, -0.25) is 0 Å². The Labute approximate surface area is 104 Å². The maximum Gasteiger partial charge on any atom is 0.00965 e. The summed E-state index contributed by atoms with van der Waals surface area (Å²) in [5.41, 5.74) is 0.421. The average molecular weight is 276 g/mol. The van der Waals surface area contributed by atoms with Crippen LogP contribution in [0.1, 0.15) is 47.0 Å². The molecular formula is C13H26BrN. The van der Waals surface area contributed by atoms with Crippen molar-refractivity contribution in [2.24, 2.45) is 11.3 Å². The number of alkyl halides is 1. The first-order valence-corrected chi connectivity index (χ1v) is 7.41. The van der Waals surface area contributed by atoms with Crippen molar-refractivity contribution in [3.8, 4) is 0 Å². The maximum atomic E-state index is 3.67. The van der Waals surface area contributed by atoms with Crippen LogP contribution in [0.15, 0.2) is 0 Å². The largest absolute Gasteiger partial charge is 0.300 e. The normalized spacial score (nSPS) is 19.6. The highest BCUT2D eigenvalue weighted by molar-refractivity contribution is 9.09. The SMILES string of the molecule is CCCN(CC(CBr)C(C)(C)C)C1CC1. The fraction of sp³-hybridized carbons (Fsp3) is 1.00. The molecule has 1 rings (SSSR count). The number of hydrogen-bond donors (Lipinski definition) is 0. The van der Waals surface area contributed by atoms with E-state index >= 15 is 0 Å². The second-order valence-electron chi connectivity index (χ2n) is 5.94. The van der Waals surface area contributed by atoms with Gasteiger partial charge >= 0.3 is 0 Å². The van der Waals surface area contributed by atoms with Crippen molar-refractivity contribution in [2.75, 3.05) is 18.4 Å². The van der Waals surface area contributed by atoms with Gasteiger partial charge in [-0.15, -0.1) is 0 Å². The summed E-state index contributed by atoms with van der Waals surface area (Å²) in [4.78, 5) is 2.71. The Balaban J connectivity index is 2.47. The average Bonchev–Trinajstić information content (AvgIpc) is 2.93. The van der Waals surface area contributed by atoms with Gasteiger partial charge in [-0.2, -0.15) is 0 Å². The van der Waals surface area contributed by atoms with Gasteiger partial charge in [0.05, 0.1) is 0 Å². The predicted molar refractivity (Wildman–Crippen MR) is 71.6 cm³/mol. The van der Waals surface area contributed by atoms with E-state index in [0.29, 0.717) is 5.41 Å². The molecule has 0 aromatic heterocycles. The van der Waals surface area contributed by atoms with Crippen molar-refractivity contribution >= 4 is 15.9 Å². The third-order valence-electron chi connectivity index (χ3n) is 3.44. The minimum atomic E-state index is 0.421. The van der Waals surface area contributed by atoms with Crippen LogP contribution in [0, 0.1) is 11.3 Å². The molecule has 0 radical (unpaired) electrons. The van der Waals surface area contributed by atoms with Crippen molar-refractivity contribution in [2.45, 2.75) is 53.0 Å². The molecule has 0 amide bonds. The van der Waals surface area contributed by atoms with E-state index in [1.165, 1.54) is 32.4 Å². The van der Waals surface area contributed by atoms with Crippen LogP contribution in [0.2, 0.25) is 0 Å². The molecule has 1 aliphatic carbocycles. The smallest absolute Gasteiger partial charge is 0.00965 e. The second-order valence-corrected chi connectivity index (χ2v) is 6.59. The lowest BCUT2D eigenvalue weighted by Crippen LogP contribution is -2.38. The Kier molecular flexibility index (Phi) is 5.11. The Morgan fingerprint density at radius 2 is 1.93 bits per heavy atom. The molecule has 1 saturated carbocycles. The molecule has 0 N–H and O–H groups in total. The van der Waals surface area contributed by atoms with Crippen LogP contribution in [0.3, 0.4) is 0 Å². The van der Waals surface area contributed by atoms with Gasteiger partial charge in [-0.1, -0.05) is 43.6 Å². The molecule has 90 valence electrons. The van der Waals surface area contributed by atoms with Gasteiger partial charge in [0, 0.05) is 17.9 Å².